The van der Waals surface area contributed by atoms with Crippen LogP contribution in [0.15, 0.2) is 65.0 Å². The van der Waals surface area contributed by atoms with Gasteiger partial charge in [0, 0.05) is 19.0 Å². The summed E-state index contributed by atoms with van der Waals surface area (Å²) < 4.78 is 5.80. The number of aliphatic imine (C=N–C) groups is 1. The summed E-state index contributed by atoms with van der Waals surface area (Å²) in [5, 5.41) is 9.88. The van der Waals surface area contributed by atoms with Gasteiger partial charge in [0.15, 0.2) is 5.96 Å². The summed E-state index contributed by atoms with van der Waals surface area (Å²) in [4.78, 5) is 8.95. The molecule has 0 saturated carbocycles. The monoisotopic (exact) mass is 422 g/mol. The molecule has 30 heavy (non-hydrogen) atoms. The fourth-order valence-electron chi connectivity index (χ4n) is 2.85. The molecule has 0 unspecified atom stereocenters. The molecule has 0 atom stereocenters. The van der Waals surface area contributed by atoms with Crippen LogP contribution in [0.25, 0.3) is 0 Å². The van der Waals surface area contributed by atoms with E-state index in [1.165, 1.54) is 16.7 Å². The molecular weight excluding hydrogens is 392 g/mol. The van der Waals surface area contributed by atoms with Gasteiger partial charge in [-0.25, -0.2) is 4.98 Å². The van der Waals surface area contributed by atoms with Crippen LogP contribution < -0.4 is 10.6 Å². The standard InChI is InChI=1S/C24H30N4OS/c1-18(2)22-17-30-23(28-22)14-27-24(25-3)26-13-19-9-11-21(12-10-19)16-29-15-20-7-5-4-6-8-20/h4-12,17-18H,13-16H2,1-3H3,(H2,25,26,27). The number of rotatable bonds is 9. The third kappa shape index (κ3) is 6.97. The lowest BCUT2D eigenvalue weighted by molar-refractivity contribution is 0.107. The third-order valence-corrected chi connectivity index (χ3v) is 5.52. The van der Waals surface area contributed by atoms with Gasteiger partial charge in [-0.1, -0.05) is 68.4 Å². The number of thiazole rings is 1. The van der Waals surface area contributed by atoms with Crippen LogP contribution in [0.5, 0.6) is 0 Å². The number of hydrogen-bond donors (Lipinski definition) is 2. The molecule has 0 amide bonds. The van der Waals surface area contributed by atoms with E-state index in [0.29, 0.717) is 32.2 Å². The van der Waals surface area contributed by atoms with Gasteiger partial charge >= 0.3 is 0 Å². The summed E-state index contributed by atoms with van der Waals surface area (Å²) in [5.74, 6) is 1.23. The zero-order valence-corrected chi connectivity index (χ0v) is 18.7. The van der Waals surface area contributed by atoms with Gasteiger partial charge in [0.05, 0.1) is 25.5 Å². The maximum atomic E-state index is 5.80. The van der Waals surface area contributed by atoms with E-state index in [4.69, 9.17) is 4.74 Å². The van der Waals surface area contributed by atoms with Crippen molar-refractivity contribution in [2.75, 3.05) is 7.05 Å². The molecule has 0 fully saturated rings. The van der Waals surface area contributed by atoms with Crippen LogP contribution in [-0.2, 0) is 31.0 Å². The van der Waals surface area contributed by atoms with E-state index >= 15 is 0 Å². The molecule has 2 N–H and O–H groups in total. The second-order valence-electron chi connectivity index (χ2n) is 7.40. The van der Waals surface area contributed by atoms with E-state index in [9.17, 15) is 0 Å². The minimum atomic E-state index is 0.458. The first-order valence-corrected chi connectivity index (χ1v) is 11.1. The average molecular weight is 423 g/mol. The maximum Gasteiger partial charge on any atom is 0.191 e. The Morgan fingerprint density at radius 2 is 1.57 bits per heavy atom. The van der Waals surface area contributed by atoms with Crippen molar-refractivity contribution in [3.8, 4) is 0 Å². The topological polar surface area (TPSA) is 58.5 Å². The first-order valence-electron chi connectivity index (χ1n) is 10.2. The number of ether oxygens (including phenoxy) is 1. The molecule has 0 bridgehead atoms. The summed E-state index contributed by atoms with van der Waals surface area (Å²) in [6, 6.07) is 18.7. The Bertz CT molecular complexity index is 920. The molecule has 0 spiro atoms. The smallest absolute Gasteiger partial charge is 0.191 e. The highest BCUT2D eigenvalue weighted by Crippen LogP contribution is 2.17. The average Bonchev–Trinajstić information content (AvgIpc) is 3.25. The van der Waals surface area contributed by atoms with Crippen molar-refractivity contribution in [1.82, 2.24) is 15.6 Å². The lowest BCUT2D eigenvalue weighted by Crippen LogP contribution is -2.36. The number of benzene rings is 2. The third-order valence-electron chi connectivity index (χ3n) is 4.65. The lowest BCUT2D eigenvalue weighted by atomic mass is 10.1. The van der Waals surface area contributed by atoms with Gasteiger partial charge in [-0.05, 0) is 22.6 Å². The molecule has 0 saturated heterocycles. The van der Waals surface area contributed by atoms with Crippen molar-refractivity contribution in [3.63, 3.8) is 0 Å². The van der Waals surface area contributed by atoms with E-state index in [-0.39, 0.29) is 0 Å². The Kier molecular flexibility index (Phi) is 8.41. The van der Waals surface area contributed by atoms with Gasteiger partial charge in [-0.3, -0.25) is 4.99 Å². The Balaban J connectivity index is 1.40. The first kappa shape index (κ1) is 22.0. The van der Waals surface area contributed by atoms with Crippen molar-refractivity contribution in [2.45, 2.75) is 46.1 Å². The zero-order valence-electron chi connectivity index (χ0n) is 17.9. The fraction of sp³-hybridized carbons (Fsp3) is 0.333. The summed E-state index contributed by atoms with van der Waals surface area (Å²) in [7, 11) is 1.78. The molecule has 6 heteroatoms. The Morgan fingerprint density at radius 1 is 0.933 bits per heavy atom. The van der Waals surface area contributed by atoms with E-state index < -0.39 is 0 Å². The van der Waals surface area contributed by atoms with Gasteiger partial charge in [-0.15, -0.1) is 11.3 Å². The van der Waals surface area contributed by atoms with E-state index in [1.807, 2.05) is 18.2 Å². The molecule has 0 radical (unpaired) electrons. The van der Waals surface area contributed by atoms with Crippen molar-refractivity contribution < 1.29 is 4.74 Å². The van der Waals surface area contributed by atoms with Crippen LogP contribution in [-0.4, -0.2) is 18.0 Å². The van der Waals surface area contributed by atoms with Gasteiger partial charge in [0.25, 0.3) is 0 Å². The van der Waals surface area contributed by atoms with Crippen molar-refractivity contribution in [3.05, 3.63) is 87.4 Å². The minimum Gasteiger partial charge on any atom is -0.372 e. The van der Waals surface area contributed by atoms with Crippen LogP contribution >= 0.6 is 11.3 Å². The first-order chi connectivity index (χ1) is 14.6. The highest BCUT2D eigenvalue weighted by Gasteiger charge is 2.06. The van der Waals surface area contributed by atoms with E-state index in [0.717, 1.165) is 16.7 Å². The molecule has 3 aromatic rings. The molecule has 1 heterocycles. The molecule has 3 rings (SSSR count). The van der Waals surface area contributed by atoms with Gasteiger partial charge in [0.2, 0.25) is 0 Å². The molecule has 1 aromatic heterocycles. The van der Waals surface area contributed by atoms with Gasteiger partial charge < -0.3 is 15.4 Å². The lowest BCUT2D eigenvalue weighted by Gasteiger charge is -2.11. The Morgan fingerprint density at radius 3 is 2.20 bits per heavy atom. The minimum absolute atomic E-state index is 0.458. The second kappa shape index (κ2) is 11.5. The van der Waals surface area contributed by atoms with Gasteiger partial charge in [0.1, 0.15) is 5.01 Å². The van der Waals surface area contributed by atoms with Crippen LogP contribution in [0, 0.1) is 0 Å². The van der Waals surface area contributed by atoms with Gasteiger partial charge in [-0.2, -0.15) is 0 Å². The molecule has 0 aliphatic carbocycles. The Labute approximate surface area is 183 Å². The van der Waals surface area contributed by atoms with Crippen LogP contribution in [0.2, 0.25) is 0 Å². The molecule has 5 nitrogen and oxygen atoms in total. The fourth-order valence-corrected chi connectivity index (χ4v) is 3.75. The highest BCUT2D eigenvalue weighted by molar-refractivity contribution is 7.09. The molecule has 0 aliphatic heterocycles. The predicted molar refractivity (Wildman–Crippen MR) is 125 cm³/mol. The predicted octanol–water partition coefficient (Wildman–Crippen LogP) is 4.85. The second-order valence-corrected chi connectivity index (χ2v) is 8.34. The van der Waals surface area contributed by atoms with Crippen LogP contribution in [0.1, 0.15) is 47.2 Å². The SMILES string of the molecule is CN=C(NCc1ccc(COCc2ccccc2)cc1)NCc1nc(C(C)C)cs1. The maximum absolute atomic E-state index is 5.80. The molecule has 2 aromatic carbocycles. The summed E-state index contributed by atoms with van der Waals surface area (Å²) in [6.07, 6.45) is 0. The Hall–Kier alpha value is -2.70. The number of hydrogen-bond acceptors (Lipinski definition) is 4. The van der Waals surface area contributed by atoms with Crippen molar-refractivity contribution >= 4 is 17.3 Å². The number of nitrogens with zero attached hydrogens (tertiary/aromatic N) is 2. The van der Waals surface area contributed by atoms with Crippen LogP contribution in [0.4, 0.5) is 0 Å². The normalized spacial score (nSPS) is 11.7. The summed E-state index contributed by atoms with van der Waals surface area (Å²) in [5.41, 5.74) is 4.70. The summed E-state index contributed by atoms with van der Waals surface area (Å²) >= 11 is 1.68. The summed E-state index contributed by atoms with van der Waals surface area (Å²) in [6.45, 7) is 6.94. The molecule has 0 aliphatic rings. The van der Waals surface area contributed by atoms with E-state index in [1.54, 1.807) is 18.4 Å². The van der Waals surface area contributed by atoms with Crippen LogP contribution in [0.3, 0.4) is 0 Å². The molecular formula is C24H30N4OS. The molecule has 158 valence electrons. The number of aromatic nitrogens is 1. The zero-order chi connectivity index (χ0) is 21.2. The highest BCUT2D eigenvalue weighted by atomic mass is 32.1. The largest absolute Gasteiger partial charge is 0.372 e. The van der Waals surface area contributed by atoms with E-state index in [2.05, 4.69) is 76.2 Å². The number of guanidine groups is 1. The van der Waals surface area contributed by atoms with Crippen molar-refractivity contribution in [1.29, 1.82) is 0 Å². The quantitative estimate of drug-likeness (QED) is 0.382. The van der Waals surface area contributed by atoms with Crippen molar-refractivity contribution in [2.24, 2.45) is 4.99 Å². The number of nitrogens with one attached hydrogen (secondary N) is 2.